The van der Waals surface area contributed by atoms with E-state index in [9.17, 15) is 8.42 Å². The van der Waals surface area contributed by atoms with Crippen LogP contribution in [-0.4, -0.2) is 50.6 Å². The number of nitrogens with one attached hydrogen (secondary N) is 1. The van der Waals surface area contributed by atoms with Gasteiger partial charge in [0.1, 0.15) is 10.7 Å². The van der Waals surface area contributed by atoms with Crippen molar-refractivity contribution in [3.8, 4) is 0 Å². The molecule has 1 N–H and O–H groups in total. The minimum Gasteiger partial charge on any atom is -0.376 e. The zero-order chi connectivity index (χ0) is 13.2. The lowest BCUT2D eigenvalue weighted by Crippen LogP contribution is -2.44. The van der Waals surface area contributed by atoms with Crippen molar-refractivity contribution >= 4 is 15.8 Å². The van der Waals surface area contributed by atoms with Gasteiger partial charge in [0.25, 0.3) is 0 Å². The summed E-state index contributed by atoms with van der Waals surface area (Å²) in [6, 6.07) is 3.21. The molecule has 7 heteroatoms. The Labute approximate surface area is 107 Å². The average Bonchev–Trinajstić information content (AvgIpc) is 2.39. The molecule has 0 aliphatic carbocycles. The van der Waals surface area contributed by atoms with Crippen LogP contribution < -0.4 is 5.32 Å². The second-order valence-corrected chi connectivity index (χ2v) is 6.11. The van der Waals surface area contributed by atoms with Crippen molar-refractivity contribution in [2.45, 2.75) is 17.9 Å². The van der Waals surface area contributed by atoms with Crippen molar-refractivity contribution in [2.75, 3.05) is 32.1 Å². The van der Waals surface area contributed by atoms with E-state index in [1.165, 1.54) is 10.5 Å². The van der Waals surface area contributed by atoms with E-state index in [4.69, 9.17) is 4.74 Å². The quantitative estimate of drug-likeness (QED) is 0.868. The lowest BCUT2D eigenvalue weighted by atomic mass is 10.3. The summed E-state index contributed by atoms with van der Waals surface area (Å²) in [7, 11) is -1.72. The van der Waals surface area contributed by atoms with Gasteiger partial charge in [-0.05, 0) is 19.1 Å². The van der Waals surface area contributed by atoms with Gasteiger partial charge in [-0.1, -0.05) is 0 Å². The molecule has 0 spiro atoms. The second kappa shape index (κ2) is 5.21. The number of sulfonamides is 1. The third-order valence-electron chi connectivity index (χ3n) is 2.83. The Morgan fingerprint density at radius 1 is 1.50 bits per heavy atom. The summed E-state index contributed by atoms with van der Waals surface area (Å²) in [6.07, 6.45) is 1.31. The lowest BCUT2D eigenvalue weighted by molar-refractivity contribution is 0.0102. The highest BCUT2D eigenvalue weighted by Crippen LogP contribution is 2.18. The fourth-order valence-corrected chi connectivity index (χ4v) is 3.28. The summed E-state index contributed by atoms with van der Waals surface area (Å²) < 4.78 is 31.5. The normalized spacial score (nSPS) is 21.8. The molecule has 18 heavy (non-hydrogen) atoms. The van der Waals surface area contributed by atoms with Crippen molar-refractivity contribution in [3.63, 3.8) is 0 Å². The van der Waals surface area contributed by atoms with Crippen molar-refractivity contribution in [1.82, 2.24) is 9.29 Å². The highest BCUT2D eigenvalue weighted by molar-refractivity contribution is 7.89. The van der Waals surface area contributed by atoms with Crippen LogP contribution in [0.4, 0.5) is 5.82 Å². The molecule has 1 saturated heterocycles. The summed E-state index contributed by atoms with van der Waals surface area (Å²) in [5, 5.41) is 2.85. The Bertz CT molecular complexity index is 501. The Morgan fingerprint density at radius 3 is 2.83 bits per heavy atom. The lowest BCUT2D eigenvalue weighted by Gasteiger charge is -2.30. The van der Waals surface area contributed by atoms with E-state index in [2.05, 4.69) is 10.3 Å². The molecule has 2 heterocycles. The molecule has 1 aliphatic heterocycles. The molecular formula is C11H17N3O3S. The van der Waals surface area contributed by atoms with Crippen LogP contribution in [-0.2, 0) is 14.8 Å². The van der Waals surface area contributed by atoms with Crippen molar-refractivity contribution < 1.29 is 13.2 Å². The standard InChI is InChI=1S/C11H17N3O3S/c1-9-8-14(5-6-17-9)18(15,16)10-3-4-11(12-2)13-7-10/h3-4,7,9H,5-6,8H2,1-2H3,(H,12,13). The van der Waals surface area contributed by atoms with E-state index in [1.54, 1.807) is 19.2 Å². The molecule has 0 radical (unpaired) electrons. The Morgan fingerprint density at radius 2 is 2.28 bits per heavy atom. The van der Waals surface area contributed by atoms with Crippen LogP contribution in [0.5, 0.6) is 0 Å². The first-order valence-corrected chi connectivity index (χ1v) is 7.23. The summed E-state index contributed by atoms with van der Waals surface area (Å²) in [5.41, 5.74) is 0. The van der Waals surface area contributed by atoms with Gasteiger partial charge in [-0.25, -0.2) is 13.4 Å². The molecular weight excluding hydrogens is 254 g/mol. The second-order valence-electron chi connectivity index (χ2n) is 4.17. The summed E-state index contributed by atoms with van der Waals surface area (Å²) in [6.45, 7) is 3.07. The number of ether oxygens (including phenoxy) is 1. The summed E-state index contributed by atoms with van der Waals surface area (Å²) in [5.74, 6) is 0.643. The zero-order valence-electron chi connectivity index (χ0n) is 10.5. The zero-order valence-corrected chi connectivity index (χ0v) is 11.3. The first-order chi connectivity index (χ1) is 8.54. The molecule has 2 rings (SSSR count). The average molecular weight is 271 g/mol. The number of hydrogen-bond donors (Lipinski definition) is 1. The van der Waals surface area contributed by atoms with E-state index >= 15 is 0 Å². The maximum Gasteiger partial charge on any atom is 0.244 e. The predicted molar refractivity (Wildman–Crippen MR) is 68.0 cm³/mol. The highest BCUT2D eigenvalue weighted by atomic mass is 32.2. The van der Waals surface area contributed by atoms with E-state index < -0.39 is 10.0 Å². The van der Waals surface area contributed by atoms with E-state index in [0.717, 1.165) is 0 Å². The molecule has 1 aromatic heterocycles. The maximum atomic E-state index is 12.3. The number of aromatic nitrogens is 1. The first kappa shape index (κ1) is 13.3. The third kappa shape index (κ3) is 2.63. The molecule has 100 valence electrons. The molecule has 0 aromatic carbocycles. The van der Waals surface area contributed by atoms with Gasteiger partial charge in [0.2, 0.25) is 10.0 Å². The van der Waals surface area contributed by atoms with Crippen LogP contribution in [0.2, 0.25) is 0 Å². The summed E-state index contributed by atoms with van der Waals surface area (Å²) >= 11 is 0. The Balaban J connectivity index is 2.23. The van der Waals surface area contributed by atoms with E-state index in [1.807, 2.05) is 6.92 Å². The van der Waals surface area contributed by atoms with Gasteiger partial charge in [-0.3, -0.25) is 0 Å². The van der Waals surface area contributed by atoms with Gasteiger partial charge in [-0.2, -0.15) is 4.31 Å². The third-order valence-corrected chi connectivity index (χ3v) is 4.68. The van der Waals surface area contributed by atoms with Gasteiger partial charge in [0, 0.05) is 26.3 Å². The molecule has 6 nitrogen and oxygen atoms in total. The Kier molecular flexibility index (Phi) is 3.84. The van der Waals surface area contributed by atoms with Gasteiger partial charge < -0.3 is 10.1 Å². The smallest absolute Gasteiger partial charge is 0.244 e. The van der Waals surface area contributed by atoms with Gasteiger partial charge in [0.05, 0.1) is 12.7 Å². The van der Waals surface area contributed by atoms with Crippen LogP contribution in [0.3, 0.4) is 0 Å². The SMILES string of the molecule is CNc1ccc(S(=O)(=O)N2CCOC(C)C2)cn1. The fraction of sp³-hybridized carbons (Fsp3) is 0.545. The van der Waals surface area contributed by atoms with Crippen LogP contribution in [0, 0.1) is 0 Å². The number of anilines is 1. The van der Waals surface area contributed by atoms with Crippen LogP contribution in [0.15, 0.2) is 23.2 Å². The Hall–Kier alpha value is -1.18. The number of morpholine rings is 1. The van der Waals surface area contributed by atoms with E-state index in [-0.39, 0.29) is 11.0 Å². The molecule has 1 aliphatic rings. The molecule has 0 amide bonds. The number of nitrogens with zero attached hydrogens (tertiary/aromatic N) is 2. The maximum absolute atomic E-state index is 12.3. The number of hydrogen-bond acceptors (Lipinski definition) is 5. The monoisotopic (exact) mass is 271 g/mol. The van der Waals surface area contributed by atoms with Gasteiger partial charge in [0.15, 0.2) is 0 Å². The predicted octanol–water partition coefficient (Wildman–Crippen LogP) is 0.533. The van der Waals surface area contributed by atoms with Crippen LogP contribution in [0.1, 0.15) is 6.92 Å². The van der Waals surface area contributed by atoms with Crippen molar-refractivity contribution in [3.05, 3.63) is 18.3 Å². The summed E-state index contributed by atoms with van der Waals surface area (Å²) in [4.78, 5) is 4.25. The fourth-order valence-electron chi connectivity index (χ4n) is 1.83. The van der Waals surface area contributed by atoms with E-state index in [0.29, 0.717) is 25.5 Å². The van der Waals surface area contributed by atoms with Crippen LogP contribution >= 0.6 is 0 Å². The largest absolute Gasteiger partial charge is 0.376 e. The minimum atomic E-state index is -3.46. The molecule has 1 aromatic rings. The van der Waals surface area contributed by atoms with Gasteiger partial charge in [-0.15, -0.1) is 0 Å². The molecule has 0 bridgehead atoms. The highest BCUT2D eigenvalue weighted by Gasteiger charge is 2.29. The molecule has 0 saturated carbocycles. The minimum absolute atomic E-state index is 0.0712. The van der Waals surface area contributed by atoms with Crippen molar-refractivity contribution in [1.29, 1.82) is 0 Å². The molecule has 1 atom stereocenters. The van der Waals surface area contributed by atoms with Crippen molar-refractivity contribution in [2.24, 2.45) is 0 Å². The molecule has 1 fully saturated rings. The van der Waals surface area contributed by atoms with Crippen LogP contribution in [0.25, 0.3) is 0 Å². The number of pyridine rings is 1. The first-order valence-electron chi connectivity index (χ1n) is 5.79. The molecule has 1 unspecified atom stereocenters. The topological polar surface area (TPSA) is 71.5 Å². The van der Waals surface area contributed by atoms with Gasteiger partial charge >= 0.3 is 0 Å². The number of rotatable bonds is 3.